The Morgan fingerprint density at radius 2 is 1.20 bits per heavy atom. The summed E-state index contributed by atoms with van der Waals surface area (Å²) in [4.78, 5) is 0. The van der Waals surface area contributed by atoms with Gasteiger partial charge in [0.15, 0.2) is 0 Å². The predicted molar refractivity (Wildman–Crippen MR) is 73.2 cm³/mol. The van der Waals surface area contributed by atoms with Crippen molar-refractivity contribution >= 4 is 0 Å². The molecule has 0 atom stereocenters. The number of hydrazine groups is 1. The molecule has 0 fully saturated rings. The van der Waals surface area contributed by atoms with Gasteiger partial charge >= 0.3 is 0 Å². The van der Waals surface area contributed by atoms with Gasteiger partial charge in [-0.3, -0.25) is 0 Å². The minimum absolute atomic E-state index is 1.19. The minimum atomic E-state index is 1.19. The lowest BCUT2D eigenvalue weighted by Crippen LogP contribution is -2.33. The quantitative estimate of drug-likeness (QED) is 0.490. The second-order valence-electron chi connectivity index (χ2n) is 3.29. The van der Waals surface area contributed by atoms with E-state index in [1.54, 1.807) is 0 Å². The van der Waals surface area contributed by atoms with E-state index in [-0.39, 0.29) is 0 Å². The normalized spacial score (nSPS) is 9.20. The molecule has 0 aliphatic carbocycles. The van der Waals surface area contributed by atoms with Crippen LogP contribution in [-0.4, -0.2) is 37.7 Å². The van der Waals surface area contributed by atoms with Crippen LogP contribution in [0.1, 0.15) is 60.3 Å². The molecule has 0 amide bonds. The maximum Gasteiger partial charge on any atom is 0.0130 e. The molecule has 15 heavy (non-hydrogen) atoms. The van der Waals surface area contributed by atoms with Crippen LogP contribution in [0.4, 0.5) is 0 Å². The highest BCUT2D eigenvalue weighted by Crippen LogP contribution is 2.00. The predicted octanol–water partition coefficient (Wildman–Crippen LogP) is 4.03. The van der Waals surface area contributed by atoms with Crippen molar-refractivity contribution in [3.63, 3.8) is 0 Å². The molecule has 0 aromatic heterocycles. The van der Waals surface area contributed by atoms with Crippen LogP contribution in [0.5, 0.6) is 0 Å². The third-order valence-corrected chi connectivity index (χ3v) is 2.02. The first kappa shape index (κ1) is 20.3. The summed E-state index contributed by atoms with van der Waals surface area (Å²) in [5, 5.41) is 4.38. The lowest BCUT2D eigenvalue weighted by Gasteiger charge is -2.23. The van der Waals surface area contributed by atoms with Gasteiger partial charge in [0.05, 0.1) is 0 Å². The number of unbranched alkanes of at least 4 members (excludes halogenated alkanes) is 3. The summed E-state index contributed by atoms with van der Waals surface area (Å²) >= 11 is 0. The SMILES string of the molecule is CC.CC.CCCCCCN(C)N(C)C. The Morgan fingerprint density at radius 3 is 1.53 bits per heavy atom. The van der Waals surface area contributed by atoms with Gasteiger partial charge < -0.3 is 0 Å². The van der Waals surface area contributed by atoms with E-state index in [0.29, 0.717) is 0 Å². The summed E-state index contributed by atoms with van der Waals surface area (Å²) < 4.78 is 0. The monoisotopic (exact) mass is 218 g/mol. The first-order valence-electron chi connectivity index (χ1n) is 6.56. The molecule has 0 aliphatic rings. The van der Waals surface area contributed by atoms with E-state index in [9.17, 15) is 0 Å². The lowest BCUT2D eigenvalue weighted by molar-refractivity contribution is 0.0544. The lowest BCUT2D eigenvalue weighted by atomic mass is 10.2. The van der Waals surface area contributed by atoms with Crippen LogP contribution in [0.15, 0.2) is 0 Å². The van der Waals surface area contributed by atoms with Gasteiger partial charge in [0, 0.05) is 27.7 Å². The molecule has 96 valence electrons. The molecule has 2 heteroatoms. The highest BCUT2D eigenvalue weighted by Gasteiger charge is 1.97. The Labute approximate surface area is 98.6 Å². The van der Waals surface area contributed by atoms with E-state index in [1.807, 2.05) is 27.7 Å². The number of hydrogen-bond acceptors (Lipinski definition) is 2. The molecular formula is C13H34N2. The first-order valence-corrected chi connectivity index (χ1v) is 6.56. The maximum absolute atomic E-state index is 2.25. The van der Waals surface area contributed by atoms with Gasteiger partial charge in [0.2, 0.25) is 0 Å². The zero-order valence-electron chi connectivity index (χ0n) is 12.4. The summed E-state index contributed by atoms with van der Waals surface area (Å²) in [6, 6.07) is 0. The fourth-order valence-corrected chi connectivity index (χ4v) is 0.967. The van der Waals surface area contributed by atoms with Crippen LogP contribution in [0.2, 0.25) is 0 Å². The largest absolute Gasteiger partial charge is 0.248 e. The van der Waals surface area contributed by atoms with Crippen molar-refractivity contribution < 1.29 is 0 Å². The van der Waals surface area contributed by atoms with E-state index in [2.05, 4.69) is 38.1 Å². The molecule has 0 saturated heterocycles. The Hall–Kier alpha value is -0.0800. The molecule has 0 bridgehead atoms. The molecule has 0 rings (SSSR count). The Morgan fingerprint density at radius 1 is 0.733 bits per heavy atom. The van der Waals surface area contributed by atoms with Gasteiger partial charge in [-0.1, -0.05) is 53.9 Å². The van der Waals surface area contributed by atoms with Crippen molar-refractivity contribution in [1.29, 1.82) is 0 Å². The fraction of sp³-hybridized carbons (Fsp3) is 1.00. The number of rotatable bonds is 6. The standard InChI is InChI=1S/C9H22N2.2C2H6/c1-5-6-7-8-9-11(4)10(2)3;2*1-2/h5-9H2,1-4H3;2*1-2H3. The van der Waals surface area contributed by atoms with Crippen LogP contribution in [0.3, 0.4) is 0 Å². The summed E-state index contributed by atoms with van der Waals surface area (Å²) in [5.41, 5.74) is 0. The van der Waals surface area contributed by atoms with Gasteiger partial charge in [-0.2, -0.15) is 0 Å². The van der Waals surface area contributed by atoms with E-state index >= 15 is 0 Å². The van der Waals surface area contributed by atoms with Crippen molar-refractivity contribution in [2.75, 3.05) is 27.7 Å². The van der Waals surface area contributed by atoms with Crippen LogP contribution in [0.25, 0.3) is 0 Å². The van der Waals surface area contributed by atoms with Crippen molar-refractivity contribution in [1.82, 2.24) is 10.0 Å². The van der Waals surface area contributed by atoms with Gasteiger partial charge in [0.25, 0.3) is 0 Å². The Kier molecular flexibility index (Phi) is 26.4. The van der Waals surface area contributed by atoms with Crippen LogP contribution in [-0.2, 0) is 0 Å². The van der Waals surface area contributed by atoms with E-state index in [0.717, 1.165) is 0 Å². The summed E-state index contributed by atoms with van der Waals surface area (Å²) in [6.07, 6.45) is 5.39. The Bertz CT molecular complexity index is 82.6. The topological polar surface area (TPSA) is 6.48 Å². The molecule has 0 heterocycles. The average molecular weight is 218 g/mol. The molecule has 2 nitrogen and oxygen atoms in total. The minimum Gasteiger partial charge on any atom is -0.248 e. The molecule has 0 saturated carbocycles. The van der Waals surface area contributed by atoms with Gasteiger partial charge in [-0.15, -0.1) is 0 Å². The van der Waals surface area contributed by atoms with Crippen molar-refractivity contribution in [3.8, 4) is 0 Å². The third-order valence-electron chi connectivity index (χ3n) is 2.02. The highest BCUT2D eigenvalue weighted by atomic mass is 15.6. The Balaban J connectivity index is -0.000000318. The van der Waals surface area contributed by atoms with Crippen LogP contribution in [0, 0.1) is 0 Å². The molecule has 0 radical (unpaired) electrons. The van der Waals surface area contributed by atoms with E-state index in [4.69, 9.17) is 0 Å². The zero-order chi connectivity index (χ0) is 12.7. The molecule has 0 aromatic carbocycles. The highest BCUT2D eigenvalue weighted by molar-refractivity contribution is 4.45. The first-order chi connectivity index (χ1) is 7.18. The summed E-state index contributed by atoms with van der Waals surface area (Å²) in [6.45, 7) is 11.4. The van der Waals surface area contributed by atoms with Gasteiger partial charge in [-0.25, -0.2) is 10.0 Å². The molecule has 0 aliphatic heterocycles. The number of hydrogen-bond donors (Lipinski definition) is 0. The molecule has 0 aromatic rings. The molecule has 0 unspecified atom stereocenters. The van der Waals surface area contributed by atoms with Gasteiger partial charge in [-0.05, 0) is 6.42 Å². The second-order valence-corrected chi connectivity index (χ2v) is 3.29. The summed E-state index contributed by atoms with van der Waals surface area (Å²) in [5.74, 6) is 0. The van der Waals surface area contributed by atoms with E-state index in [1.165, 1.54) is 32.2 Å². The zero-order valence-corrected chi connectivity index (χ0v) is 12.4. The fourth-order valence-electron chi connectivity index (χ4n) is 0.967. The molecular weight excluding hydrogens is 184 g/mol. The van der Waals surface area contributed by atoms with Crippen molar-refractivity contribution in [3.05, 3.63) is 0 Å². The molecule has 0 N–H and O–H groups in total. The van der Waals surface area contributed by atoms with Crippen LogP contribution < -0.4 is 0 Å². The van der Waals surface area contributed by atoms with E-state index < -0.39 is 0 Å². The number of nitrogens with zero attached hydrogens (tertiary/aromatic N) is 2. The van der Waals surface area contributed by atoms with Crippen LogP contribution >= 0.6 is 0 Å². The van der Waals surface area contributed by atoms with Gasteiger partial charge in [0.1, 0.15) is 0 Å². The third kappa shape index (κ3) is 20.1. The molecule has 0 spiro atoms. The van der Waals surface area contributed by atoms with Crippen molar-refractivity contribution in [2.24, 2.45) is 0 Å². The average Bonchev–Trinajstić information content (AvgIpc) is 2.29. The smallest absolute Gasteiger partial charge is 0.0130 e. The second kappa shape index (κ2) is 19.5. The summed E-state index contributed by atoms with van der Waals surface area (Å²) in [7, 11) is 6.30. The maximum atomic E-state index is 2.25. The van der Waals surface area contributed by atoms with Crippen molar-refractivity contribution in [2.45, 2.75) is 60.3 Å².